The minimum absolute atomic E-state index is 0. The molecule has 3 aliphatic rings. The zero-order valence-corrected chi connectivity index (χ0v) is 24.1. The number of nitrogens with one attached hydrogen (secondary N) is 1. The average Bonchev–Trinajstić information content (AvgIpc) is 2.97. The number of aromatic hydroxyl groups is 1. The lowest BCUT2D eigenvalue weighted by molar-refractivity contribution is -0.137. The van der Waals surface area contributed by atoms with Gasteiger partial charge in [-0.3, -0.25) is 4.79 Å². The number of benzene rings is 2. The number of likely N-dealkylation sites (N-methyl/N-ethyl adjacent to an activating group) is 1. The van der Waals surface area contributed by atoms with E-state index in [1.54, 1.807) is 6.07 Å². The number of piperidine rings is 2. The number of amides is 1. The molecule has 3 aromatic rings. The fraction of sp³-hybridized carbons (Fsp3) is 0.469. The maximum atomic E-state index is 13.7. The minimum atomic E-state index is -0.0930. The number of halogens is 1. The van der Waals surface area contributed by atoms with Crippen LogP contribution >= 0.6 is 12.4 Å². The number of nitrogens with zero attached hydrogens (tertiary/aromatic N) is 4. The summed E-state index contributed by atoms with van der Waals surface area (Å²) in [4.78, 5) is 18.1. The molecule has 1 saturated carbocycles. The molecule has 8 heteroatoms. The number of rotatable bonds is 6. The molecule has 2 saturated heterocycles. The topological polar surface area (TPSA) is 81.6 Å². The highest BCUT2D eigenvalue weighted by Crippen LogP contribution is 2.42. The van der Waals surface area contributed by atoms with E-state index in [0.29, 0.717) is 17.2 Å². The summed E-state index contributed by atoms with van der Waals surface area (Å²) in [7, 11) is 2.01. The lowest BCUT2D eigenvalue weighted by Crippen LogP contribution is -2.58. The molecule has 212 valence electrons. The number of anilines is 1. The van der Waals surface area contributed by atoms with Gasteiger partial charge in [0.1, 0.15) is 5.75 Å². The number of carbonyl (C=O) groups excluding carboxylic acids is 1. The van der Waals surface area contributed by atoms with Crippen molar-refractivity contribution in [3.8, 4) is 17.0 Å². The minimum Gasteiger partial charge on any atom is -0.507 e. The predicted molar refractivity (Wildman–Crippen MR) is 161 cm³/mol. The average molecular weight is 562 g/mol. The molecule has 1 aromatic heterocycles. The van der Waals surface area contributed by atoms with Crippen molar-refractivity contribution in [2.45, 2.75) is 55.9 Å². The Morgan fingerprint density at radius 2 is 1.80 bits per heavy atom. The van der Waals surface area contributed by atoms with Crippen LogP contribution in [-0.2, 0) is 10.2 Å². The van der Waals surface area contributed by atoms with E-state index in [-0.39, 0.29) is 35.0 Å². The van der Waals surface area contributed by atoms with Crippen molar-refractivity contribution in [3.05, 3.63) is 72.4 Å². The fourth-order valence-electron chi connectivity index (χ4n) is 7.07. The summed E-state index contributed by atoms with van der Waals surface area (Å²) < 4.78 is 0. The number of aromatic nitrogens is 2. The van der Waals surface area contributed by atoms with Crippen LogP contribution in [-0.4, -0.2) is 64.9 Å². The number of hydrogen-bond acceptors (Lipinski definition) is 6. The van der Waals surface area contributed by atoms with Gasteiger partial charge in [0.15, 0.2) is 0 Å². The molecule has 6 rings (SSSR count). The van der Waals surface area contributed by atoms with Crippen molar-refractivity contribution in [3.63, 3.8) is 0 Å². The van der Waals surface area contributed by atoms with E-state index >= 15 is 0 Å². The van der Waals surface area contributed by atoms with Gasteiger partial charge in [-0.2, -0.15) is 10.2 Å². The van der Waals surface area contributed by atoms with Gasteiger partial charge in [0, 0.05) is 49.1 Å². The van der Waals surface area contributed by atoms with E-state index in [9.17, 15) is 9.90 Å². The molecule has 0 bridgehead atoms. The molecule has 3 fully saturated rings. The van der Waals surface area contributed by atoms with E-state index in [4.69, 9.17) is 0 Å². The van der Waals surface area contributed by atoms with Crippen molar-refractivity contribution in [2.24, 2.45) is 5.92 Å². The molecular weight excluding hydrogens is 522 g/mol. The molecule has 2 N–H and O–H groups in total. The Bertz CT molecular complexity index is 1310. The Kier molecular flexibility index (Phi) is 8.34. The second-order valence-electron chi connectivity index (χ2n) is 11.9. The summed E-state index contributed by atoms with van der Waals surface area (Å²) in [5, 5.41) is 22.6. The molecule has 2 aromatic carbocycles. The first-order chi connectivity index (χ1) is 19.0. The normalized spacial score (nSPS) is 21.2. The molecule has 3 heterocycles. The van der Waals surface area contributed by atoms with E-state index in [0.717, 1.165) is 57.5 Å². The quantitative estimate of drug-likeness (QED) is 0.431. The number of phenolic OH excluding ortho intramolecular Hbond substituents is 1. The standard InChI is InChI=1S/C32H39N5O2.ClH/c1-36(30(39)24-12-17-33-32(21-24)13-7-14-32)23-31(25-8-3-2-4-9-25)15-18-37(19-16-31)26-20-28(35-34-22-26)27-10-5-6-11-29(27)38;/h2-6,8-11,20,22,24,33,38H,7,12-19,21,23H2,1H3;1H. The zero-order chi connectivity index (χ0) is 26.9. The highest BCUT2D eigenvalue weighted by molar-refractivity contribution is 5.85. The van der Waals surface area contributed by atoms with Gasteiger partial charge in [0.25, 0.3) is 0 Å². The van der Waals surface area contributed by atoms with Gasteiger partial charge in [0.2, 0.25) is 5.91 Å². The van der Waals surface area contributed by atoms with Gasteiger partial charge >= 0.3 is 0 Å². The number of hydrogen-bond donors (Lipinski definition) is 2. The predicted octanol–water partition coefficient (Wildman–Crippen LogP) is 5.19. The summed E-state index contributed by atoms with van der Waals surface area (Å²) in [6.45, 7) is 3.41. The Morgan fingerprint density at radius 3 is 2.50 bits per heavy atom. The third kappa shape index (κ3) is 5.54. The van der Waals surface area contributed by atoms with Crippen LogP contribution in [0.25, 0.3) is 11.3 Å². The third-order valence-electron chi connectivity index (χ3n) is 9.50. The smallest absolute Gasteiger partial charge is 0.225 e. The number of carbonyl (C=O) groups is 1. The van der Waals surface area contributed by atoms with Crippen LogP contribution in [0.5, 0.6) is 5.75 Å². The molecule has 1 spiro atoms. The first-order valence-corrected chi connectivity index (χ1v) is 14.4. The molecule has 1 amide bonds. The SMILES string of the molecule is CN(CC1(c2ccccc2)CCN(c2cnnc(-c3ccccc3O)c2)CC1)C(=O)C1CCNC2(CCC2)C1.Cl. The van der Waals surface area contributed by atoms with Gasteiger partial charge < -0.3 is 20.2 Å². The molecule has 40 heavy (non-hydrogen) atoms. The van der Waals surface area contributed by atoms with Gasteiger partial charge in [-0.25, -0.2) is 0 Å². The fourth-order valence-corrected chi connectivity index (χ4v) is 7.07. The van der Waals surface area contributed by atoms with E-state index < -0.39 is 0 Å². The van der Waals surface area contributed by atoms with E-state index in [1.165, 1.54) is 24.8 Å². The van der Waals surface area contributed by atoms with Crippen LogP contribution in [0, 0.1) is 5.92 Å². The van der Waals surface area contributed by atoms with Crippen molar-refractivity contribution in [1.29, 1.82) is 0 Å². The summed E-state index contributed by atoms with van der Waals surface area (Å²) in [6, 6.07) is 20.0. The molecular formula is C32H40ClN5O2. The first kappa shape index (κ1) is 28.4. The number of phenols is 1. The second-order valence-corrected chi connectivity index (χ2v) is 11.9. The highest BCUT2D eigenvalue weighted by Gasteiger charge is 2.44. The Morgan fingerprint density at radius 1 is 1.07 bits per heavy atom. The van der Waals surface area contributed by atoms with Crippen LogP contribution in [0.2, 0.25) is 0 Å². The summed E-state index contributed by atoms with van der Waals surface area (Å²) in [6.07, 6.45) is 9.31. The van der Waals surface area contributed by atoms with Crippen molar-refractivity contribution >= 4 is 24.0 Å². The molecule has 0 radical (unpaired) electrons. The summed E-state index contributed by atoms with van der Waals surface area (Å²) in [5.41, 5.74) is 3.80. The molecule has 7 nitrogen and oxygen atoms in total. The lowest BCUT2D eigenvalue weighted by atomic mass is 9.68. The van der Waals surface area contributed by atoms with Crippen molar-refractivity contribution in [2.75, 3.05) is 38.1 Å². The van der Waals surface area contributed by atoms with Crippen molar-refractivity contribution < 1.29 is 9.90 Å². The molecule has 1 unspecified atom stereocenters. The number of para-hydroxylation sites is 1. The monoisotopic (exact) mass is 561 g/mol. The summed E-state index contributed by atoms with van der Waals surface area (Å²) in [5.74, 6) is 0.640. The second kappa shape index (κ2) is 11.8. The van der Waals surface area contributed by atoms with Gasteiger partial charge in [-0.05, 0) is 75.3 Å². The van der Waals surface area contributed by atoms with Crippen LogP contribution in [0.4, 0.5) is 5.69 Å². The maximum absolute atomic E-state index is 13.7. The van der Waals surface area contributed by atoms with Gasteiger partial charge in [-0.1, -0.05) is 42.5 Å². The first-order valence-electron chi connectivity index (χ1n) is 14.4. The maximum Gasteiger partial charge on any atom is 0.225 e. The van der Waals surface area contributed by atoms with Crippen LogP contribution in [0.1, 0.15) is 50.5 Å². The summed E-state index contributed by atoms with van der Waals surface area (Å²) >= 11 is 0. The Hall–Kier alpha value is -3.16. The Labute approximate surface area is 243 Å². The van der Waals surface area contributed by atoms with Crippen LogP contribution in [0.3, 0.4) is 0 Å². The van der Waals surface area contributed by atoms with Crippen LogP contribution < -0.4 is 10.2 Å². The van der Waals surface area contributed by atoms with Crippen LogP contribution in [0.15, 0.2) is 66.9 Å². The largest absolute Gasteiger partial charge is 0.507 e. The molecule has 1 aliphatic carbocycles. The third-order valence-corrected chi connectivity index (χ3v) is 9.50. The molecule has 1 atom stereocenters. The lowest BCUT2D eigenvalue weighted by Gasteiger charge is -2.49. The molecule has 2 aliphatic heterocycles. The van der Waals surface area contributed by atoms with Gasteiger partial charge in [-0.15, -0.1) is 12.4 Å². The van der Waals surface area contributed by atoms with E-state index in [1.807, 2.05) is 42.4 Å². The van der Waals surface area contributed by atoms with Gasteiger partial charge in [0.05, 0.1) is 17.6 Å². The van der Waals surface area contributed by atoms with E-state index in [2.05, 4.69) is 50.7 Å². The highest BCUT2D eigenvalue weighted by atomic mass is 35.5. The zero-order valence-electron chi connectivity index (χ0n) is 23.3. The Balaban J connectivity index is 0.00000323. The van der Waals surface area contributed by atoms with Crippen molar-refractivity contribution in [1.82, 2.24) is 20.4 Å².